The molecular weight excluding hydrogens is 813 g/mol. The molecule has 0 radical (unpaired) electrons. The second-order valence-electron chi connectivity index (χ2n) is 18.8. The summed E-state index contributed by atoms with van der Waals surface area (Å²) >= 11 is 0. The molecule has 2 aliphatic rings. The predicted octanol–water partition coefficient (Wildman–Crippen LogP) is 9.33. The Morgan fingerprint density at radius 2 is 1.03 bits per heavy atom. The van der Waals surface area contributed by atoms with E-state index in [1.54, 1.807) is 0 Å². The number of ketones is 2. The van der Waals surface area contributed by atoms with Gasteiger partial charge in [0.2, 0.25) is 0 Å². The number of benzene rings is 3. The molecule has 0 aromatic heterocycles. The topological polar surface area (TPSA) is 177 Å². The lowest BCUT2D eigenvalue weighted by molar-refractivity contribution is -0.160. The number of hydrogen-bond donors (Lipinski definition) is 2. The van der Waals surface area contributed by atoms with E-state index in [0.717, 1.165) is 36.7 Å². The number of nitrogen functional groups attached to an aromatic ring is 1. The normalized spacial score (nSPS) is 16.5. The Kier molecular flexibility index (Phi) is 19.5. The maximum Gasteiger partial charge on any atom is 0.335 e. The van der Waals surface area contributed by atoms with Gasteiger partial charge in [-0.2, -0.15) is 0 Å². The number of rotatable bonds is 8. The molecule has 2 unspecified atom stereocenters. The minimum Gasteiger partial charge on any atom is -0.468 e. The molecule has 5 rings (SSSR count). The van der Waals surface area contributed by atoms with Crippen molar-refractivity contribution in [3.05, 3.63) is 117 Å². The third-order valence-corrected chi connectivity index (χ3v) is 10.9. The van der Waals surface area contributed by atoms with Crippen molar-refractivity contribution in [2.24, 2.45) is 11.8 Å². The summed E-state index contributed by atoms with van der Waals surface area (Å²) < 4.78 is 19.1. The van der Waals surface area contributed by atoms with Gasteiger partial charge in [0.05, 0.1) is 34.0 Å². The van der Waals surface area contributed by atoms with Crippen molar-refractivity contribution in [3.63, 3.8) is 0 Å². The molecule has 0 spiro atoms. The van der Waals surface area contributed by atoms with E-state index in [0.29, 0.717) is 29.7 Å². The molecule has 0 bridgehead atoms. The molecule has 0 heterocycles. The largest absolute Gasteiger partial charge is 0.468 e. The molecule has 12 heteroatoms. The van der Waals surface area contributed by atoms with Crippen LogP contribution in [-0.2, 0) is 70.4 Å². The van der Waals surface area contributed by atoms with Crippen LogP contribution in [0, 0.1) is 11.8 Å². The third-order valence-electron chi connectivity index (χ3n) is 10.9. The Morgan fingerprint density at radius 1 is 0.594 bits per heavy atom. The van der Waals surface area contributed by atoms with Gasteiger partial charge < -0.3 is 30.0 Å². The fraction of sp³-hybridized carbons (Fsp3) is 0.462. The predicted molar refractivity (Wildman–Crippen MR) is 251 cm³/mol. The molecule has 348 valence electrons. The molecule has 1 saturated carbocycles. The molecule has 1 fully saturated rings. The Hall–Kier alpha value is -6.04. The number of anilines is 2. The maximum atomic E-state index is 12.9. The lowest BCUT2D eigenvalue weighted by atomic mass is 9.80. The number of nitrogens with two attached hydrogens (primary N) is 1. The van der Waals surface area contributed by atoms with Crippen LogP contribution in [0.5, 0.6) is 0 Å². The minimum atomic E-state index is -1.07. The molecule has 0 saturated heterocycles. The van der Waals surface area contributed by atoms with Crippen LogP contribution < -0.4 is 11.1 Å². The third kappa shape index (κ3) is 15.1. The van der Waals surface area contributed by atoms with Gasteiger partial charge in [-0.05, 0) is 69.2 Å². The van der Waals surface area contributed by atoms with E-state index < -0.39 is 41.3 Å². The van der Waals surface area contributed by atoms with Crippen LogP contribution in [0.2, 0.25) is 0 Å². The number of hydrogen-bond acceptors (Lipinski definition) is 12. The highest BCUT2D eigenvalue weighted by atomic mass is 16.5. The van der Waals surface area contributed by atoms with Crippen molar-refractivity contribution in [2.75, 3.05) is 39.5 Å². The number of ether oxygens (including phenoxy) is 4. The van der Waals surface area contributed by atoms with Crippen molar-refractivity contribution in [2.45, 2.75) is 118 Å². The van der Waals surface area contributed by atoms with E-state index in [4.69, 9.17) is 15.2 Å². The zero-order valence-electron chi connectivity index (χ0n) is 39.3. The van der Waals surface area contributed by atoms with Crippen molar-refractivity contribution >= 4 is 46.8 Å². The average molecular weight is 883 g/mol. The molecule has 12 nitrogen and oxygen atoms in total. The summed E-state index contributed by atoms with van der Waals surface area (Å²) in [5.41, 5.74) is 15.0. The molecule has 3 N–H and O–H groups in total. The number of carbonyl (C=O) groups excluding carboxylic acids is 6. The summed E-state index contributed by atoms with van der Waals surface area (Å²) in [4.78, 5) is 71.1. The van der Waals surface area contributed by atoms with Crippen LogP contribution in [0.4, 0.5) is 11.4 Å². The summed E-state index contributed by atoms with van der Waals surface area (Å²) in [6.07, 6.45) is 0.571. The van der Waals surface area contributed by atoms with Crippen molar-refractivity contribution in [3.8, 4) is 0 Å². The molecule has 2 atom stereocenters. The molecule has 64 heavy (non-hydrogen) atoms. The molecule has 0 amide bonds. The summed E-state index contributed by atoms with van der Waals surface area (Å²) in [6, 6.07) is 24.6. The zero-order chi connectivity index (χ0) is 47.4. The van der Waals surface area contributed by atoms with Crippen molar-refractivity contribution < 1.29 is 47.7 Å². The first kappa shape index (κ1) is 54.1. The van der Waals surface area contributed by atoms with Gasteiger partial charge in [-0.25, -0.2) is 9.59 Å². The highest BCUT2D eigenvalue weighted by molar-refractivity contribution is 6.12. The van der Waals surface area contributed by atoms with Gasteiger partial charge in [-0.1, -0.05) is 124 Å². The monoisotopic (exact) mass is 883 g/mol. The SMILES string of the molecule is C.CC(C)(C)c1cccc(N)c1.COC(=O)C1=C(Cc2cccc(C(C)(C)C)c2)CC(C(=O)OC)=C(Nc2cccc(C(C)(C)C)c2)C1.COC(=O)C1CC(=O)C(C(=O)OC)CC1=O. The molecular formula is C52H70N2O10. The van der Waals surface area contributed by atoms with E-state index in [-0.39, 0.29) is 48.9 Å². The van der Waals surface area contributed by atoms with Gasteiger partial charge in [0.1, 0.15) is 23.4 Å². The quantitative estimate of drug-likeness (QED) is 0.0950. The van der Waals surface area contributed by atoms with Gasteiger partial charge in [0.25, 0.3) is 0 Å². The van der Waals surface area contributed by atoms with Crippen LogP contribution in [0.1, 0.15) is 118 Å². The fourth-order valence-electron chi connectivity index (χ4n) is 7.05. The number of Topliss-reactive ketones (excluding diaryl/α,β-unsaturated/α-hetero) is 2. The highest BCUT2D eigenvalue weighted by Crippen LogP contribution is 2.36. The van der Waals surface area contributed by atoms with Crippen LogP contribution in [0.25, 0.3) is 0 Å². The van der Waals surface area contributed by atoms with Gasteiger partial charge in [0, 0.05) is 48.3 Å². The summed E-state index contributed by atoms with van der Waals surface area (Å²) in [7, 11) is 5.07. The number of methoxy groups -OCH3 is 4. The molecule has 2 aliphatic carbocycles. The summed E-state index contributed by atoms with van der Waals surface area (Å²) in [5.74, 6) is -5.29. The number of esters is 4. The lowest BCUT2D eigenvalue weighted by Crippen LogP contribution is -2.40. The van der Waals surface area contributed by atoms with Gasteiger partial charge >= 0.3 is 23.9 Å². The Balaban J connectivity index is 0.000000411. The molecule has 0 aliphatic heterocycles. The van der Waals surface area contributed by atoms with E-state index in [1.807, 2.05) is 36.4 Å². The molecule has 3 aromatic carbocycles. The van der Waals surface area contributed by atoms with Crippen LogP contribution in [0.3, 0.4) is 0 Å². The second kappa shape index (κ2) is 23.1. The minimum absolute atomic E-state index is 0. The van der Waals surface area contributed by atoms with E-state index in [1.165, 1.54) is 30.9 Å². The number of allylic oxidation sites excluding steroid dienone is 2. The number of nitrogens with one attached hydrogen (secondary N) is 1. The first-order chi connectivity index (χ1) is 29.3. The average Bonchev–Trinajstić information content (AvgIpc) is 3.23. The van der Waals surface area contributed by atoms with Gasteiger partial charge in [0.15, 0.2) is 0 Å². The van der Waals surface area contributed by atoms with Crippen LogP contribution in [-0.4, -0.2) is 63.9 Å². The zero-order valence-corrected chi connectivity index (χ0v) is 39.3. The fourth-order valence-corrected chi connectivity index (χ4v) is 7.05. The lowest BCUT2D eigenvalue weighted by Gasteiger charge is -2.26. The first-order valence-corrected chi connectivity index (χ1v) is 21.0. The van der Waals surface area contributed by atoms with E-state index in [2.05, 4.69) is 114 Å². The Bertz CT molecular complexity index is 2100. The molecule has 3 aromatic rings. The number of carbonyl (C=O) groups is 6. The van der Waals surface area contributed by atoms with E-state index in [9.17, 15) is 28.8 Å². The summed E-state index contributed by atoms with van der Waals surface area (Å²) in [5, 5.41) is 3.42. The Labute approximate surface area is 380 Å². The smallest absolute Gasteiger partial charge is 0.335 e. The van der Waals surface area contributed by atoms with Crippen molar-refractivity contribution in [1.82, 2.24) is 0 Å². The van der Waals surface area contributed by atoms with Crippen molar-refractivity contribution in [1.29, 1.82) is 0 Å². The first-order valence-electron chi connectivity index (χ1n) is 21.0. The Morgan fingerprint density at radius 3 is 1.47 bits per heavy atom. The highest BCUT2D eigenvalue weighted by Gasteiger charge is 2.43. The maximum absolute atomic E-state index is 12.9. The standard InChI is InChI=1S/C31H39NO4.C10H15N.C10H12O6.CH4/c1-30(2,3)22-12-9-11-20(16-22)15-21-17-26(29(34)36-8)27(19-25(21)28(33)35-7)32-24-14-10-13-23(18-24)31(4,5)6;1-10(2,3)8-5-4-6-9(11)7-8;1-15-9(13)5-3-8(12)6(4-7(5)11)10(14)16-2;/h9-14,16,18,32H,15,17,19H2,1-8H3;4-7H,11H2,1-3H3;5-6H,3-4H2,1-2H3;1H4. The van der Waals surface area contributed by atoms with Gasteiger partial charge in [-0.15, -0.1) is 0 Å². The van der Waals surface area contributed by atoms with E-state index >= 15 is 0 Å². The van der Waals surface area contributed by atoms with Crippen LogP contribution in [0.15, 0.2) is 95.2 Å². The van der Waals surface area contributed by atoms with Gasteiger partial charge in [-0.3, -0.25) is 19.2 Å². The second-order valence-corrected chi connectivity index (χ2v) is 18.8. The summed E-state index contributed by atoms with van der Waals surface area (Å²) in [6.45, 7) is 19.6. The van der Waals surface area contributed by atoms with Crippen LogP contribution >= 0.6 is 0 Å².